The zero-order valence-corrected chi connectivity index (χ0v) is 38.0. The van der Waals surface area contributed by atoms with Crippen LogP contribution in [0.3, 0.4) is 0 Å². The number of thiazole rings is 1. The first-order chi connectivity index (χ1) is 33.3. The maximum Gasteiger partial charge on any atom is 0.357 e. The highest BCUT2D eigenvalue weighted by Gasteiger charge is 2.59. The molecule has 9 rings (SSSR count). The number of anilines is 1. The van der Waals surface area contributed by atoms with Crippen molar-refractivity contribution in [3.63, 3.8) is 0 Å². The van der Waals surface area contributed by atoms with Gasteiger partial charge in [-0.2, -0.15) is 9.49 Å². The molecule has 2 aliphatic rings. The van der Waals surface area contributed by atoms with Crippen LogP contribution in [0.25, 0.3) is 0 Å². The number of nitrogens with zero attached hydrogens (tertiary/aromatic N) is 5. The van der Waals surface area contributed by atoms with E-state index < -0.39 is 44.8 Å². The molecule has 2 aliphatic heterocycles. The lowest BCUT2D eigenvalue weighted by Gasteiger charge is -2.51. The molecule has 0 aliphatic carbocycles. The van der Waals surface area contributed by atoms with Crippen molar-refractivity contribution in [3.05, 3.63) is 219 Å². The van der Waals surface area contributed by atoms with Gasteiger partial charge in [0.15, 0.2) is 16.1 Å². The number of ether oxygens (including phenoxy) is 1. The molecular weight excluding hydrogens is 926 g/mol. The molecular formula is C50H38FN7O7S3. The van der Waals surface area contributed by atoms with Crippen LogP contribution in [-0.4, -0.2) is 61.9 Å². The lowest BCUT2D eigenvalue weighted by Crippen LogP contribution is -2.61. The number of benzene rings is 5. The van der Waals surface area contributed by atoms with Gasteiger partial charge in [0.1, 0.15) is 23.1 Å². The van der Waals surface area contributed by atoms with Crippen LogP contribution in [-0.2, 0) is 49.7 Å². The Morgan fingerprint density at radius 2 is 1.43 bits per heavy atom. The van der Waals surface area contributed by atoms with Gasteiger partial charge < -0.3 is 20.2 Å². The van der Waals surface area contributed by atoms with Gasteiger partial charge >= 0.3 is 12.4 Å². The van der Waals surface area contributed by atoms with E-state index in [-0.39, 0.29) is 40.1 Å². The van der Waals surface area contributed by atoms with Gasteiger partial charge in [0.2, 0.25) is 17.4 Å². The molecule has 0 saturated carbocycles. The molecule has 2 aromatic heterocycles. The van der Waals surface area contributed by atoms with Crippen LogP contribution < -0.4 is 10.6 Å². The van der Waals surface area contributed by atoms with Crippen LogP contribution in [0.4, 0.5) is 9.52 Å². The van der Waals surface area contributed by atoms with Crippen LogP contribution in [0.5, 0.6) is 0 Å². The topological polar surface area (TPSA) is 174 Å². The van der Waals surface area contributed by atoms with Crippen molar-refractivity contribution in [1.29, 1.82) is 0 Å². The van der Waals surface area contributed by atoms with E-state index in [1.54, 1.807) is 54.7 Å². The number of esters is 1. The van der Waals surface area contributed by atoms with Gasteiger partial charge in [0, 0.05) is 17.5 Å². The minimum absolute atomic E-state index is 0.0116. The standard InChI is InChI=1S/C50H38FN7O7S3/c51-46-44(55-48(67-46)52-31-59)50(56-39(61)28-54-64-32-60)45(42(58-40(62)26-41(58)68-50)47(63)65-43(34-16-6-1-7-17-34)35-18-8-2-9-19-35)66-30-33-27-53-57(29-33)49(36-20-10-3-11-21-36,37-22-12-4-13-23-37)38-24-14-5-15-25-38/h1-25,27-29,31-32,41,43H,26,30H2,(H,56,61)(H,52,55,59)/b54-28-/t41-,50?/m0/s1. The fraction of sp³-hybridized carbons (Fsp3) is 0.120. The summed E-state index contributed by atoms with van der Waals surface area (Å²) in [7, 11) is 0. The van der Waals surface area contributed by atoms with Crippen molar-refractivity contribution in [2.75, 3.05) is 5.32 Å². The van der Waals surface area contributed by atoms with E-state index in [2.05, 4.69) is 25.6 Å². The lowest BCUT2D eigenvalue weighted by atomic mass is 9.77. The zero-order valence-electron chi connectivity index (χ0n) is 35.6. The van der Waals surface area contributed by atoms with Gasteiger partial charge in [-0.3, -0.25) is 28.8 Å². The van der Waals surface area contributed by atoms with Crippen LogP contribution in [0, 0.1) is 5.13 Å². The Kier molecular flexibility index (Phi) is 13.4. The van der Waals surface area contributed by atoms with Crippen LogP contribution in [0.2, 0.25) is 0 Å². The van der Waals surface area contributed by atoms with Gasteiger partial charge in [-0.05, 0) is 27.8 Å². The monoisotopic (exact) mass is 963 g/mol. The second kappa shape index (κ2) is 20.1. The molecule has 14 nitrogen and oxygen atoms in total. The summed E-state index contributed by atoms with van der Waals surface area (Å²) in [4.78, 5) is 73.7. The van der Waals surface area contributed by atoms with E-state index in [1.165, 1.54) is 4.90 Å². The van der Waals surface area contributed by atoms with Crippen LogP contribution in [0.15, 0.2) is 180 Å². The summed E-state index contributed by atoms with van der Waals surface area (Å²) in [6.07, 6.45) is 3.50. The molecule has 5 aromatic carbocycles. The third-order valence-corrected chi connectivity index (χ3v) is 14.9. The van der Waals surface area contributed by atoms with Crippen molar-refractivity contribution in [3.8, 4) is 0 Å². The predicted molar refractivity (Wildman–Crippen MR) is 256 cm³/mol. The van der Waals surface area contributed by atoms with Gasteiger partial charge in [0.25, 0.3) is 5.91 Å². The maximum atomic E-state index is 16.7. The molecule has 7 aromatic rings. The molecule has 18 heteroatoms. The number of thioether (sulfide) groups is 2. The number of hydrogen-bond acceptors (Lipinski definition) is 13. The average molecular weight is 964 g/mol. The van der Waals surface area contributed by atoms with Crippen molar-refractivity contribution in [1.82, 2.24) is 25.0 Å². The van der Waals surface area contributed by atoms with Crippen molar-refractivity contribution >= 4 is 76.9 Å². The molecule has 1 unspecified atom stereocenters. The maximum absolute atomic E-state index is 16.7. The lowest BCUT2D eigenvalue weighted by molar-refractivity contribution is -0.152. The number of fused-ring (bicyclic) bond motifs is 1. The second-order valence-electron chi connectivity index (χ2n) is 15.2. The highest BCUT2D eigenvalue weighted by Crippen LogP contribution is 2.58. The first-order valence-corrected chi connectivity index (χ1v) is 23.7. The van der Waals surface area contributed by atoms with Gasteiger partial charge in [-0.15, -0.1) is 11.8 Å². The van der Waals surface area contributed by atoms with E-state index in [1.807, 2.05) is 114 Å². The first-order valence-electron chi connectivity index (χ1n) is 21.0. The molecule has 1 fully saturated rings. The molecule has 68 heavy (non-hydrogen) atoms. The van der Waals surface area contributed by atoms with Gasteiger partial charge in [0.05, 0.1) is 22.9 Å². The molecule has 0 spiro atoms. The van der Waals surface area contributed by atoms with Crippen LogP contribution >= 0.6 is 34.9 Å². The number of carbonyl (C=O) groups is 5. The minimum atomic E-state index is -2.08. The Balaban J connectivity index is 1.22. The predicted octanol–water partition coefficient (Wildman–Crippen LogP) is 8.10. The summed E-state index contributed by atoms with van der Waals surface area (Å²) < 4.78 is 25.0. The fourth-order valence-electron chi connectivity index (χ4n) is 8.35. The number of carbonyl (C=O) groups excluding carboxylic acids is 5. The number of β-lactam (4-membered cyclic amide) rings is 1. The summed E-state index contributed by atoms with van der Waals surface area (Å²) >= 11 is 2.49. The Morgan fingerprint density at radius 1 is 0.868 bits per heavy atom. The highest BCUT2D eigenvalue weighted by atomic mass is 32.2. The summed E-state index contributed by atoms with van der Waals surface area (Å²) in [5, 5.41) is 11.7. The Bertz CT molecular complexity index is 2880. The zero-order chi connectivity index (χ0) is 47.1. The molecule has 4 heterocycles. The first kappa shape index (κ1) is 45.5. The number of rotatable bonds is 18. The quantitative estimate of drug-likeness (QED) is 0.0162. The van der Waals surface area contributed by atoms with Crippen molar-refractivity contribution < 1.29 is 37.9 Å². The second-order valence-corrected chi connectivity index (χ2v) is 18.6. The number of halogens is 1. The van der Waals surface area contributed by atoms with Crippen molar-refractivity contribution in [2.45, 2.75) is 34.1 Å². The number of nitrogens with one attached hydrogen (secondary N) is 2. The molecule has 2 N–H and O–H groups in total. The summed E-state index contributed by atoms with van der Waals surface area (Å²) in [5.74, 6) is -2.30. The Hall–Kier alpha value is -7.67. The molecule has 340 valence electrons. The average Bonchev–Trinajstić information content (AvgIpc) is 4.00. The van der Waals surface area contributed by atoms with E-state index in [4.69, 9.17) is 9.84 Å². The van der Waals surface area contributed by atoms with E-state index in [0.29, 0.717) is 40.7 Å². The van der Waals surface area contributed by atoms with Gasteiger partial charge in [-0.25, -0.2) is 9.78 Å². The van der Waals surface area contributed by atoms with E-state index in [0.717, 1.165) is 40.2 Å². The number of aromatic nitrogens is 3. The molecule has 0 bridgehead atoms. The summed E-state index contributed by atoms with van der Waals surface area (Å²) in [6.45, 7) is 0.0116. The fourth-order valence-corrected chi connectivity index (χ4v) is 12.1. The number of amides is 3. The molecule has 0 radical (unpaired) electrons. The van der Waals surface area contributed by atoms with E-state index >= 15 is 9.18 Å². The normalized spacial score (nSPS) is 16.8. The SMILES string of the molecule is O=CNc1nc(C2(NC(=O)/C=N\OC=O)S[C@H]3CC(=O)N3C(C(=O)OC(c3ccccc3)c3ccccc3)=C2SCc2cnn(C(c3ccccc3)(c3ccccc3)c3ccccc3)c2)c(F)s1. The number of hydrogen-bond donors (Lipinski definition) is 2. The third-order valence-electron chi connectivity index (χ3n) is 11.2. The highest BCUT2D eigenvalue weighted by molar-refractivity contribution is 8.06. The summed E-state index contributed by atoms with van der Waals surface area (Å²) in [5.41, 5.74) is 3.05. The minimum Gasteiger partial charge on any atom is -0.448 e. The smallest absolute Gasteiger partial charge is 0.357 e. The van der Waals surface area contributed by atoms with Gasteiger partial charge in [-0.1, -0.05) is 180 Å². The Labute approximate surface area is 401 Å². The summed E-state index contributed by atoms with van der Waals surface area (Å²) in [6, 6.07) is 47.9. The van der Waals surface area contributed by atoms with Crippen molar-refractivity contribution in [2.24, 2.45) is 5.16 Å². The largest absolute Gasteiger partial charge is 0.448 e. The van der Waals surface area contributed by atoms with Crippen LogP contribution in [0.1, 0.15) is 51.6 Å². The third kappa shape index (κ3) is 8.71. The molecule has 2 atom stereocenters. The number of oxime groups is 1. The van der Waals surface area contributed by atoms with E-state index in [9.17, 15) is 19.2 Å². The Morgan fingerprint density at radius 3 is 1.96 bits per heavy atom. The molecule has 1 saturated heterocycles. The molecule has 3 amide bonds.